The number of carbonyl (C=O) groups is 1. The highest BCUT2D eigenvalue weighted by atomic mass is 35.5. The number of amides is 1. The molecular formula is C16H24Cl2N4O3S2. The van der Waals surface area contributed by atoms with Crippen LogP contribution in [0.1, 0.15) is 6.42 Å². The highest BCUT2D eigenvalue weighted by molar-refractivity contribution is 7.88. The molecule has 0 fully saturated rings. The van der Waals surface area contributed by atoms with Crippen molar-refractivity contribution in [2.45, 2.75) is 6.42 Å². The van der Waals surface area contributed by atoms with E-state index < -0.39 is 10.0 Å². The number of benzene rings is 1. The van der Waals surface area contributed by atoms with E-state index in [9.17, 15) is 13.2 Å². The van der Waals surface area contributed by atoms with E-state index in [1.165, 1.54) is 18.4 Å². The third-order valence-corrected chi connectivity index (χ3v) is 6.32. The van der Waals surface area contributed by atoms with Gasteiger partial charge in [0.15, 0.2) is 5.13 Å². The van der Waals surface area contributed by atoms with E-state index in [0.717, 1.165) is 33.7 Å². The second kappa shape index (κ2) is 9.99. The Kier molecular flexibility index (Phi) is 8.91. The van der Waals surface area contributed by atoms with E-state index in [1.807, 2.05) is 31.1 Å². The largest absolute Gasteiger partial charge is 0.309 e. The molecule has 152 valence electrons. The van der Waals surface area contributed by atoms with Gasteiger partial charge in [-0.05, 0) is 45.3 Å². The number of nitrogens with zero attached hydrogens (tertiary/aromatic N) is 4. The molecule has 2 aromatic rings. The molecule has 27 heavy (non-hydrogen) atoms. The third kappa shape index (κ3) is 6.85. The second-order valence-electron chi connectivity index (χ2n) is 6.33. The molecule has 1 amide bonds. The molecule has 0 saturated carbocycles. The standard InChI is InChI=1S/C16H23ClN4O3S2.ClH/c1-19(2)8-5-9-21(15(22)11-20(3)26(4,23)24)16-18-13-7-6-12(17)10-14(13)25-16;/h6-7,10H,5,8-9,11H2,1-4H3;1H. The van der Waals surface area contributed by atoms with Gasteiger partial charge in [0, 0.05) is 18.6 Å². The fraction of sp³-hybridized carbons (Fsp3) is 0.500. The molecular weight excluding hydrogens is 431 g/mol. The minimum absolute atomic E-state index is 0. The van der Waals surface area contributed by atoms with Crippen LogP contribution in [0.25, 0.3) is 10.2 Å². The van der Waals surface area contributed by atoms with Crippen molar-refractivity contribution in [1.29, 1.82) is 0 Å². The Hall–Kier alpha value is -0.970. The first-order valence-corrected chi connectivity index (χ1v) is 11.0. The molecule has 0 bridgehead atoms. The van der Waals surface area contributed by atoms with Gasteiger partial charge in [0.2, 0.25) is 15.9 Å². The predicted molar refractivity (Wildman–Crippen MR) is 115 cm³/mol. The minimum Gasteiger partial charge on any atom is -0.309 e. The van der Waals surface area contributed by atoms with E-state index in [1.54, 1.807) is 11.0 Å². The lowest BCUT2D eigenvalue weighted by Gasteiger charge is -2.23. The topological polar surface area (TPSA) is 73.8 Å². The fourth-order valence-electron chi connectivity index (χ4n) is 2.27. The molecule has 0 radical (unpaired) electrons. The maximum absolute atomic E-state index is 12.8. The molecule has 1 aromatic heterocycles. The van der Waals surface area contributed by atoms with Crippen LogP contribution in [0.3, 0.4) is 0 Å². The fourth-order valence-corrected chi connectivity index (χ4v) is 3.90. The van der Waals surface area contributed by atoms with Crippen molar-refractivity contribution >= 4 is 66.6 Å². The molecule has 1 aromatic carbocycles. The summed E-state index contributed by atoms with van der Waals surface area (Å²) in [5.74, 6) is -0.304. The lowest BCUT2D eigenvalue weighted by Crippen LogP contribution is -2.41. The molecule has 0 atom stereocenters. The molecule has 0 saturated heterocycles. The molecule has 0 aliphatic carbocycles. The van der Waals surface area contributed by atoms with Gasteiger partial charge in [-0.25, -0.2) is 13.4 Å². The Morgan fingerprint density at radius 1 is 1.22 bits per heavy atom. The molecule has 0 aliphatic rings. The summed E-state index contributed by atoms with van der Waals surface area (Å²) in [7, 11) is 1.88. The second-order valence-corrected chi connectivity index (χ2v) is 9.86. The van der Waals surface area contributed by atoms with E-state index in [0.29, 0.717) is 16.7 Å². The molecule has 1 heterocycles. The van der Waals surface area contributed by atoms with Gasteiger partial charge in [-0.3, -0.25) is 9.69 Å². The predicted octanol–water partition coefficient (Wildman–Crippen LogP) is 2.55. The number of sulfonamides is 1. The number of hydrogen-bond donors (Lipinski definition) is 0. The van der Waals surface area contributed by atoms with Crippen LogP contribution in [0.15, 0.2) is 18.2 Å². The van der Waals surface area contributed by atoms with Gasteiger partial charge in [0.25, 0.3) is 0 Å². The summed E-state index contributed by atoms with van der Waals surface area (Å²) in [4.78, 5) is 20.9. The molecule has 2 rings (SSSR count). The Morgan fingerprint density at radius 3 is 2.48 bits per heavy atom. The smallest absolute Gasteiger partial charge is 0.244 e. The van der Waals surface area contributed by atoms with Gasteiger partial charge in [-0.15, -0.1) is 12.4 Å². The first-order chi connectivity index (χ1) is 12.1. The lowest BCUT2D eigenvalue weighted by molar-refractivity contribution is -0.118. The quantitative estimate of drug-likeness (QED) is 0.612. The number of rotatable bonds is 8. The van der Waals surface area contributed by atoms with Crippen molar-refractivity contribution in [3.63, 3.8) is 0 Å². The van der Waals surface area contributed by atoms with Crippen molar-refractivity contribution in [1.82, 2.24) is 14.2 Å². The average Bonchev–Trinajstić information content (AvgIpc) is 2.92. The van der Waals surface area contributed by atoms with Crippen LogP contribution < -0.4 is 4.90 Å². The highest BCUT2D eigenvalue weighted by Gasteiger charge is 2.23. The zero-order chi connectivity index (χ0) is 19.5. The van der Waals surface area contributed by atoms with Crippen LogP contribution in [0.2, 0.25) is 5.02 Å². The summed E-state index contributed by atoms with van der Waals surface area (Å²) in [6.07, 6.45) is 1.83. The SMILES string of the molecule is CN(C)CCCN(C(=O)CN(C)S(C)(=O)=O)c1nc2ccc(Cl)cc2s1.Cl. The summed E-state index contributed by atoms with van der Waals surface area (Å²) < 4.78 is 25.2. The van der Waals surface area contributed by atoms with E-state index >= 15 is 0 Å². The van der Waals surface area contributed by atoms with E-state index in [4.69, 9.17) is 11.6 Å². The van der Waals surface area contributed by atoms with Crippen LogP contribution in [0.5, 0.6) is 0 Å². The van der Waals surface area contributed by atoms with Gasteiger partial charge in [0.05, 0.1) is 23.0 Å². The Bertz CT molecular complexity index is 887. The molecule has 0 N–H and O–H groups in total. The number of hydrogen-bond acceptors (Lipinski definition) is 6. The zero-order valence-corrected chi connectivity index (χ0v) is 18.9. The van der Waals surface area contributed by atoms with E-state index in [2.05, 4.69) is 4.98 Å². The number of thiazole rings is 1. The van der Waals surface area contributed by atoms with Gasteiger partial charge in [-0.2, -0.15) is 4.31 Å². The first kappa shape index (κ1) is 24.1. The molecule has 7 nitrogen and oxygen atoms in total. The number of carbonyl (C=O) groups excluding carboxylic acids is 1. The molecule has 0 unspecified atom stereocenters. The number of likely N-dealkylation sites (N-methyl/N-ethyl adjacent to an activating group) is 1. The van der Waals surface area contributed by atoms with Crippen LogP contribution in [0.4, 0.5) is 5.13 Å². The van der Waals surface area contributed by atoms with Gasteiger partial charge in [0.1, 0.15) is 0 Å². The van der Waals surface area contributed by atoms with Crippen LogP contribution in [0, 0.1) is 0 Å². The number of fused-ring (bicyclic) bond motifs is 1. The van der Waals surface area contributed by atoms with Gasteiger partial charge >= 0.3 is 0 Å². The third-order valence-electron chi connectivity index (χ3n) is 3.78. The van der Waals surface area contributed by atoms with Gasteiger partial charge < -0.3 is 4.90 Å². The zero-order valence-electron chi connectivity index (χ0n) is 15.7. The normalized spacial score (nSPS) is 11.8. The summed E-state index contributed by atoms with van der Waals surface area (Å²) in [5.41, 5.74) is 0.760. The highest BCUT2D eigenvalue weighted by Crippen LogP contribution is 2.31. The Labute approximate surface area is 175 Å². The van der Waals surface area contributed by atoms with E-state index in [-0.39, 0.29) is 24.9 Å². The first-order valence-electron chi connectivity index (χ1n) is 8.00. The van der Waals surface area contributed by atoms with Crippen molar-refractivity contribution in [3.05, 3.63) is 23.2 Å². The molecule has 0 spiro atoms. The number of halogens is 2. The van der Waals surface area contributed by atoms with Crippen LogP contribution >= 0.6 is 35.3 Å². The Balaban J connectivity index is 0.00000364. The van der Waals surface area contributed by atoms with Crippen molar-refractivity contribution < 1.29 is 13.2 Å². The lowest BCUT2D eigenvalue weighted by atomic mass is 10.3. The monoisotopic (exact) mass is 454 g/mol. The minimum atomic E-state index is -3.43. The summed E-state index contributed by atoms with van der Waals surface area (Å²) in [6, 6.07) is 5.37. The van der Waals surface area contributed by atoms with Gasteiger partial charge in [-0.1, -0.05) is 22.9 Å². The van der Waals surface area contributed by atoms with Crippen LogP contribution in [-0.4, -0.2) is 75.5 Å². The molecule has 0 aliphatic heterocycles. The summed E-state index contributed by atoms with van der Waals surface area (Å²) in [6.45, 7) is 1.04. The molecule has 11 heteroatoms. The average molecular weight is 455 g/mol. The maximum Gasteiger partial charge on any atom is 0.244 e. The number of anilines is 1. The van der Waals surface area contributed by atoms with Crippen molar-refractivity contribution in [2.24, 2.45) is 0 Å². The summed E-state index contributed by atoms with van der Waals surface area (Å²) in [5, 5.41) is 1.16. The van der Waals surface area contributed by atoms with Crippen molar-refractivity contribution in [3.8, 4) is 0 Å². The van der Waals surface area contributed by atoms with Crippen molar-refractivity contribution in [2.75, 3.05) is 51.9 Å². The summed E-state index contributed by atoms with van der Waals surface area (Å²) >= 11 is 7.40. The Morgan fingerprint density at radius 2 is 1.89 bits per heavy atom. The number of aromatic nitrogens is 1. The van der Waals surface area contributed by atoms with Crippen LogP contribution in [-0.2, 0) is 14.8 Å². The maximum atomic E-state index is 12.8.